The predicted molar refractivity (Wildman–Crippen MR) is 75.1 cm³/mol. The first-order valence-electron chi connectivity index (χ1n) is 6.36. The van der Waals surface area contributed by atoms with Crippen LogP contribution in [0.1, 0.15) is 36.0 Å². The van der Waals surface area contributed by atoms with Gasteiger partial charge >= 0.3 is 5.97 Å². The lowest BCUT2D eigenvalue weighted by Gasteiger charge is -2.35. The number of nitrogens with zero attached hydrogens (tertiary/aromatic N) is 1. The number of hydrogen-bond donors (Lipinski definition) is 1. The Bertz CT molecular complexity index is 489. The number of benzene rings is 1. The number of carbonyl (C=O) groups excluding carboxylic acids is 1. The summed E-state index contributed by atoms with van der Waals surface area (Å²) in [7, 11) is 0. The van der Waals surface area contributed by atoms with E-state index >= 15 is 0 Å². The summed E-state index contributed by atoms with van der Waals surface area (Å²) >= 11 is 3.35. The molecule has 0 radical (unpaired) electrons. The van der Waals surface area contributed by atoms with Crippen molar-refractivity contribution in [3.8, 4) is 0 Å². The SMILES string of the molecule is O=C(O)CC1CCCCN1C(=O)c1cccc(Br)c1. The number of carboxylic acids is 1. The molecule has 1 fully saturated rings. The van der Waals surface area contributed by atoms with Gasteiger partial charge in [0.2, 0.25) is 0 Å². The third-order valence-electron chi connectivity index (χ3n) is 3.37. The van der Waals surface area contributed by atoms with Crippen molar-refractivity contribution in [2.24, 2.45) is 0 Å². The number of rotatable bonds is 3. The summed E-state index contributed by atoms with van der Waals surface area (Å²) in [5.74, 6) is -0.925. The van der Waals surface area contributed by atoms with Crippen LogP contribution < -0.4 is 0 Å². The molecule has 1 amide bonds. The van der Waals surface area contributed by atoms with Gasteiger partial charge in [-0.15, -0.1) is 0 Å². The van der Waals surface area contributed by atoms with Crippen molar-refractivity contribution in [1.82, 2.24) is 4.90 Å². The zero-order chi connectivity index (χ0) is 13.8. The van der Waals surface area contributed by atoms with Crippen LogP contribution in [0, 0.1) is 0 Å². The number of aliphatic carboxylic acids is 1. The maximum absolute atomic E-state index is 12.5. The highest BCUT2D eigenvalue weighted by Gasteiger charge is 2.29. The molecule has 1 atom stereocenters. The Morgan fingerprint density at radius 3 is 2.84 bits per heavy atom. The minimum absolute atomic E-state index is 0.0275. The summed E-state index contributed by atoms with van der Waals surface area (Å²) in [6.07, 6.45) is 2.72. The summed E-state index contributed by atoms with van der Waals surface area (Å²) in [6, 6.07) is 7.03. The van der Waals surface area contributed by atoms with Gasteiger partial charge in [-0.1, -0.05) is 22.0 Å². The molecular weight excluding hydrogens is 310 g/mol. The molecule has 102 valence electrons. The number of carbonyl (C=O) groups is 2. The number of carboxylic acid groups (broad SMARTS) is 1. The van der Waals surface area contributed by atoms with E-state index in [0.29, 0.717) is 12.1 Å². The minimum atomic E-state index is -0.848. The Balaban J connectivity index is 2.17. The summed E-state index contributed by atoms with van der Waals surface area (Å²) in [4.78, 5) is 25.0. The van der Waals surface area contributed by atoms with Crippen LogP contribution in [-0.2, 0) is 4.79 Å². The van der Waals surface area contributed by atoms with Crippen LogP contribution in [0.25, 0.3) is 0 Å². The zero-order valence-electron chi connectivity index (χ0n) is 10.5. The Morgan fingerprint density at radius 2 is 2.16 bits per heavy atom. The van der Waals surface area contributed by atoms with Crippen LogP contribution in [0.15, 0.2) is 28.7 Å². The highest BCUT2D eigenvalue weighted by molar-refractivity contribution is 9.10. The van der Waals surface area contributed by atoms with Gasteiger partial charge in [0.15, 0.2) is 0 Å². The first-order valence-corrected chi connectivity index (χ1v) is 7.15. The summed E-state index contributed by atoms with van der Waals surface area (Å²) in [5, 5.41) is 8.93. The Hall–Kier alpha value is -1.36. The molecule has 1 unspecified atom stereocenters. The van der Waals surface area contributed by atoms with Crippen molar-refractivity contribution >= 4 is 27.8 Å². The summed E-state index contributed by atoms with van der Waals surface area (Å²) < 4.78 is 0.852. The van der Waals surface area contributed by atoms with Crippen molar-refractivity contribution in [3.63, 3.8) is 0 Å². The minimum Gasteiger partial charge on any atom is -0.481 e. The first-order chi connectivity index (χ1) is 9.08. The fraction of sp³-hybridized carbons (Fsp3) is 0.429. The Morgan fingerprint density at radius 1 is 1.37 bits per heavy atom. The lowest BCUT2D eigenvalue weighted by Crippen LogP contribution is -2.44. The molecule has 1 aliphatic rings. The third kappa shape index (κ3) is 3.56. The van der Waals surface area contributed by atoms with Crippen LogP contribution in [0.4, 0.5) is 0 Å². The average Bonchev–Trinajstić information content (AvgIpc) is 2.38. The maximum Gasteiger partial charge on any atom is 0.305 e. The number of halogens is 1. The molecule has 19 heavy (non-hydrogen) atoms. The molecule has 1 aromatic rings. The Labute approximate surface area is 120 Å². The molecule has 0 aromatic heterocycles. The molecule has 0 bridgehead atoms. The lowest BCUT2D eigenvalue weighted by atomic mass is 9.98. The van der Waals surface area contributed by atoms with E-state index in [1.165, 1.54) is 0 Å². The molecule has 0 spiro atoms. The van der Waals surface area contributed by atoms with Gasteiger partial charge in [-0.25, -0.2) is 0 Å². The van der Waals surface area contributed by atoms with Crippen molar-refractivity contribution in [3.05, 3.63) is 34.3 Å². The second-order valence-corrected chi connectivity index (χ2v) is 5.67. The van der Waals surface area contributed by atoms with E-state index in [-0.39, 0.29) is 18.4 Å². The molecule has 5 heteroatoms. The fourth-order valence-corrected chi connectivity index (χ4v) is 2.87. The molecule has 1 saturated heterocycles. The van der Waals surface area contributed by atoms with Gasteiger partial charge < -0.3 is 10.0 Å². The van der Waals surface area contributed by atoms with Crippen molar-refractivity contribution in [2.75, 3.05) is 6.54 Å². The lowest BCUT2D eigenvalue weighted by molar-refractivity contribution is -0.138. The monoisotopic (exact) mass is 325 g/mol. The Kier molecular flexibility index (Phi) is 4.58. The van der Waals surface area contributed by atoms with E-state index in [4.69, 9.17) is 5.11 Å². The number of piperidine rings is 1. The standard InChI is InChI=1S/C14H16BrNO3/c15-11-5-3-4-10(8-11)14(19)16-7-2-1-6-12(16)9-13(17)18/h3-5,8,12H,1-2,6-7,9H2,(H,17,18). The maximum atomic E-state index is 12.5. The second-order valence-electron chi connectivity index (χ2n) is 4.76. The zero-order valence-corrected chi connectivity index (χ0v) is 12.1. The van der Waals surface area contributed by atoms with E-state index in [1.807, 2.05) is 12.1 Å². The van der Waals surface area contributed by atoms with Gasteiger partial charge in [0.1, 0.15) is 0 Å². The van der Waals surface area contributed by atoms with Crippen LogP contribution in [0.3, 0.4) is 0 Å². The molecule has 1 aromatic carbocycles. The quantitative estimate of drug-likeness (QED) is 0.929. The van der Waals surface area contributed by atoms with E-state index in [2.05, 4.69) is 15.9 Å². The molecule has 0 aliphatic carbocycles. The van der Waals surface area contributed by atoms with Crippen LogP contribution in [0.2, 0.25) is 0 Å². The number of amides is 1. The van der Waals surface area contributed by atoms with Crippen molar-refractivity contribution < 1.29 is 14.7 Å². The fourth-order valence-electron chi connectivity index (χ4n) is 2.47. The smallest absolute Gasteiger partial charge is 0.305 e. The van der Waals surface area contributed by atoms with Crippen molar-refractivity contribution in [1.29, 1.82) is 0 Å². The molecule has 1 aliphatic heterocycles. The normalized spacial score (nSPS) is 19.2. The molecular formula is C14H16BrNO3. The summed E-state index contributed by atoms with van der Waals surface area (Å²) in [6.45, 7) is 0.642. The van der Waals surface area contributed by atoms with Gasteiger partial charge in [-0.2, -0.15) is 0 Å². The van der Waals surface area contributed by atoms with Crippen LogP contribution >= 0.6 is 15.9 Å². The first kappa shape index (κ1) is 14.1. The van der Waals surface area contributed by atoms with E-state index < -0.39 is 5.97 Å². The second kappa shape index (κ2) is 6.19. The van der Waals surface area contributed by atoms with E-state index in [0.717, 1.165) is 23.7 Å². The largest absolute Gasteiger partial charge is 0.481 e. The highest BCUT2D eigenvalue weighted by atomic mass is 79.9. The van der Waals surface area contributed by atoms with Gasteiger partial charge in [-0.05, 0) is 37.5 Å². The summed E-state index contributed by atoms with van der Waals surface area (Å²) in [5.41, 5.74) is 0.603. The topological polar surface area (TPSA) is 57.6 Å². The predicted octanol–water partition coefficient (Wildman–Crippen LogP) is 2.92. The van der Waals surface area contributed by atoms with Crippen molar-refractivity contribution in [2.45, 2.75) is 31.7 Å². The molecule has 1 N–H and O–H groups in total. The highest BCUT2D eigenvalue weighted by Crippen LogP contribution is 2.23. The molecule has 1 heterocycles. The number of hydrogen-bond acceptors (Lipinski definition) is 2. The van der Waals surface area contributed by atoms with Gasteiger partial charge in [-0.3, -0.25) is 9.59 Å². The average molecular weight is 326 g/mol. The van der Waals surface area contributed by atoms with E-state index in [1.54, 1.807) is 17.0 Å². The molecule has 2 rings (SSSR count). The molecule has 4 nitrogen and oxygen atoms in total. The van der Waals surface area contributed by atoms with E-state index in [9.17, 15) is 9.59 Å². The third-order valence-corrected chi connectivity index (χ3v) is 3.86. The van der Waals surface area contributed by atoms with Crippen LogP contribution in [0.5, 0.6) is 0 Å². The number of likely N-dealkylation sites (tertiary alicyclic amines) is 1. The van der Waals surface area contributed by atoms with Crippen LogP contribution in [-0.4, -0.2) is 34.5 Å². The van der Waals surface area contributed by atoms with Gasteiger partial charge in [0.25, 0.3) is 5.91 Å². The molecule has 0 saturated carbocycles. The van der Waals surface area contributed by atoms with Gasteiger partial charge in [0, 0.05) is 22.6 Å². The van der Waals surface area contributed by atoms with Gasteiger partial charge in [0.05, 0.1) is 6.42 Å².